The highest BCUT2D eigenvalue weighted by atomic mass is 127. The second-order valence-electron chi connectivity index (χ2n) is 4.22. The zero-order chi connectivity index (χ0) is 13.9. The molecule has 5 heteroatoms. The van der Waals surface area contributed by atoms with Crippen molar-refractivity contribution in [1.29, 1.82) is 0 Å². The zero-order valence-corrected chi connectivity index (χ0v) is 12.5. The van der Waals surface area contributed by atoms with Crippen molar-refractivity contribution in [3.63, 3.8) is 0 Å². The van der Waals surface area contributed by atoms with Crippen molar-refractivity contribution < 1.29 is 4.79 Å². The van der Waals surface area contributed by atoms with Gasteiger partial charge in [-0.2, -0.15) is 0 Å². The van der Waals surface area contributed by atoms with Gasteiger partial charge in [-0.05, 0) is 65.1 Å². The number of anilines is 1. The quantitative estimate of drug-likeness (QED) is 0.698. The molecule has 0 fully saturated rings. The zero-order valence-electron chi connectivity index (χ0n) is 10.4. The summed E-state index contributed by atoms with van der Waals surface area (Å²) in [6.07, 6.45) is 3.25. The van der Waals surface area contributed by atoms with E-state index in [-0.39, 0.29) is 5.91 Å². The van der Waals surface area contributed by atoms with Crippen molar-refractivity contribution in [3.8, 4) is 0 Å². The Morgan fingerprint density at radius 3 is 2.40 bits per heavy atom. The van der Waals surface area contributed by atoms with Gasteiger partial charge in [0.15, 0.2) is 0 Å². The van der Waals surface area contributed by atoms with Gasteiger partial charge in [-0.1, -0.05) is 0 Å². The van der Waals surface area contributed by atoms with Crippen LogP contribution in [0.3, 0.4) is 0 Å². The Labute approximate surface area is 129 Å². The van der Waals surface area contributed by atoms with Gasteiger partial charge in [0.1, 0.15) is 0 Å². The third kappa shape index (κ3) is 2.77. The SMILES string of the molecule is O=C(Nc1ccc(I)cc1)c1ccc2nccnc2c1. The largest absolute Gasteiger partial charge is 0.322 e. The molecule has 0 radical (unpaired) electrons. The Bertz CT molecular complexity index is 771. The van der Waals surface area contributed by atoms with Crippen molar-refractivity contribution in [2.24, 2.45) is 0 Å². The molecule has 0 spiro atoms. The molecule has 20 heavy (non-hydrogen) atoms. The second kappa shape index (κ2) is 5.54. The van der Waals surface area contributed by atoms with Crippen LogP contribution < -0.4 is 5.32 Å². The van der Waals surface area contributed by atoms with Gasteiger partial charge in [0.25, 0.3) is 5.91 Å². The molecule has 1 heterocycles. The van der Waals surface area contributed by atoms with Crippen molar-refractivity contribution >= 4 is 45.2 Å². The maximum Gasteiger partial charge on any atom is 0.255 e. The molecule has 1 aromatic heterocycles. The molecule has 0 saturated heterocycles. The number of rotatable bonds is 2. The number of fused-ring (bicyclic) bond motifs is 1. The first kappa shape index (κ1) is 13.0. The molecule has 2 aromatic carbocycles. The summed E-state index contributed by atoms with van der Waals surface area (Å²) >= 11 is 2.22. The average Bonchev–Trinajstić information content (AvgIpc) is 2.49. The van der Waals surface area contributed by atoms with Gasteiger partial charge >= 0.3 is 0 Å². The van der Waals surface area contributed by atoms with Crippen molar-refractivity contribution in [3.05, 3.63) is 64.0 Å². The lowest BCUT2D eigenvalue weighted by atomic mass is 10.1. The molecule has 98 valence electrons. The van der Waals surface area contributed by atoms with Crippen LogP contribution in [0, 0.1) is 3.57 Å². The van der Waals surface area contributed by atoms with Crippen LogP contribution in [0.25, 0.3) is 11.0 Å². The van der Waals surface area contributed by atoms with E-state index in [4.69, 9.17) is 0 Å². The Kier molecular flexibility index (Phi) is 3.60. The third-order valence-electron chi connectivity index (χ3n) is 2.83. The maximum absolute atomic E-state index is 12.2. The van der Waals surface area contributed by atoms with E-state index in [1.165, 1.54) is 0 Å². The van der Waals surface area contributed by atoms with E-state index in [9.17, 15) is 4.79 Å². The van der Waals surface area contributed by atoms with E-state index in [0.29, 0.717) is 11.1 Å². The van der Waals surface area contributed by atoms with E-state index >= 15 is 0 Å². The van der Waals surface area contributed by atoms with Crippen LogP contribution in [0.2, 0.25) is 0 Å². The van der Waals surface area contributed by atoms with Gasteiger partial charge in [0.2, 0.25) is 0 Å². The minimum absolute atomic E-state index is 0.154. The van der Waals surface area contributed by atoms with Crippen molar-refractivity contribution in [2.45, 2.75) is 0 Å². The standard InChI is InChI=1S/C15H10IN3O/c16-11-2-4-12(5-3-11)19-15(20)10-1-6-13-14(9-10)18-8-7-17-13/h1-9H,(H,19,20). The number of carbonyl (C=O) groups excluding carboxylic acids is 1. The molecule has 0 atom stereocenters. The Morgan fingerprint density at radius 2 is 1.65 bits per heavy atom. The van der Waals surface area contributed by atoms with E-state index < -0.39 is 0 Å². The first-order valence-electron chi connectivity index (χ1n) is 6.00. The lowest BCUT2D eigenvalue weighted by Gasteiger charge is -2.06. The predicted octanol–water partition coefficient (Wildman–Crippen LogP) is 3.49. The molecule has 0 aliphatic rings. The summed E-state index contributed by atoms with van der Waals surface area (Å²) in [7, 11) is 0. The molecule has 0 aliphatic carbocycles. The number of hydrogen-bond acceptors (Lipinski definition) is 3. The van der Waals surface area contributed by atoms with Gasteiger partial charge in [0.05, 0.1) is 11.0 Å². The molecule has 0 bridgehead atoms. The van der Waals surface area contributed by atoms with E-state index in [1.807, 2.05) is 24.3 Å². The monoisotopic (exact) mass is 375 g/mol. The van der Waals surface area contributed by atoms with Crippen molar-refractivity contribution in [2.75, 3.05) is 5.32 Å². The second-order valence-corrected chi connectivity index (χ2v) is 5.47. The average molecular weight is 375 g/mol. The molecular weight excluding hydrogens is 365 g/mol. The van der Waals surface area contributed by atoms with E-state index in [1.54, 1.807) is 30.6 Å². The number of carbonyl (C=O) groups is 1. The normalized spacial score (nSPS) is 10.4. The Hall–Kier alpha value is -2.02. The van der Waals surface area contributed by atoms with E-state index in [2.05, 4.69) is 37.9 Å². The highest BCUT2D eigenvalue weighted by Crippen LogP contribution is 2.15. The molecule has 0 unspecified atom stereocenters. The summed E-state index contributed by atoms with van der Waals surface area (Å²) in [6, 6.07) is 12.9. The molecule has 0 aliphatic heterocycles. The van der Waals surface area contributed by atoms with Gasteiger partial charge < -0.3 is 5.32 Å². The van der Waals surface area contributed by atoms with Crippen LogP contribution in [-0.2, 0) is 0 Å². The van der Waals surface area contributed by atoms with Crippen LogP contribution in [-0.4, -0.2) is 15.9 Å². The number of amides is 1. The first-order valence-corrected chi connectivity index (χ1v) is 7.08. The number of benzene rings is 2. The fraction of sp³-hybridized carbons (Fsp3) is 0. The highest BCUT2D eigenvalue weighted by Gasteiger charge is 2.07. The summed E-state index contributed by atoms with van der Waals surface area (Å²) in [5, 5.41) is 2.86. The summed E-state index contributed by atoms with van der Waals surface area (Å²) in [5.74, 6) is -0.154. The fourth-order valence-corrected chi connectivity index (χ4v) is 2.20. The molecule has 3 rings (SSSR count). The Morgan fingerprint density at radius 1 is 0.950 bits per heavy atom. The molecule has 0 saturated carbocycles. The first-order chi connectivity index (χ1) is 9.72. The van der Waals surface area contributed by atoms with Crippen molar-refractivity contribution in [1.82, 2.24) is 9.97 Å². The number of halogens is 1. The van der Waals surface area contributed by atoms with Crippen LogP contribution in [0.5, 0.6) is 0 Å². The topological polar surface area (TPSA) is 54.9 Å². The van der Waals surface area contributed by atoms with E-state index in [0.717, 1.165) is 14.8 Å². The van der Waals surface area contributed by atoms with Gasteiger partial charge in [-0.15, -0.1) is 0 Å². The van der Waals surface area contributed by atoms with Gasteiger partial charge in [-0.3, -0.25) is 14.8 Å². The smallest absolute Gasteiger partial charge is 0.255 e. The number of hydrogen-bond donors (Lipinski definition) is 1. The maximum atomic E-state index is 12.2. The molecule has 1 N–H and O–H groups in total. The number of nitrogens with zero attached hydrogens (tertiary/aromatic N) is 2. The van der Waals surface area contributed by atoms with Gasteiger partial charge in [0, 0.05) is 27.2 Å². The minimum Gasteiger partial charge on any atom is -0.322 e. The fourth-order valence-electron chi connectivity index (χ4n) is 1.84. The lowest BCUT2D eigenvalue weighted by Crippen LogP contribution is -2.11. The summed E-state index contributed by atoms with van der Waals surface area (Å²) in [4.78, 5) is 20.6. The van der Waals surface area contributed by atoms with Crippen LogP contribution in [0.1, 0.15) is 10.4 Å². The Balaban J connectivity index is 1.86. The number of aromatic nitrogens is 2. The molecular formula is C15H10IN3O. The van der Waals surface area contributed by atoms with Crippen LogP contribution in [0.15, 0.2) is 54.9 Å². The minimum atomic E-state index is -0.154. The van der Waals surface area contributed by atoms with Crippen LogP contribution >= 0.6 is 22.6 Å². The molecule has 4 nitrogen and oxygen atoms in total. The van der Waals surface area contributed by atoms with Crippen LogP contribution in [0.4, 0.5) is 5.69 Å². The third-order valence-corrected chi connectivity index (χ3v) is 3.55. The summed E-state index contributed by atoms with van der Waals surface area (Å²) in [6.45, 7) is 0. The highest BCUT2D eigenvalue weighted by molar-refractivity contribution is 14.1. The molecule has 3 aromatic rings. The molecule has 1 amide bonds. The lowest BCUT2D eigenvalue weighted by molar-refractivity contribution is 0.102. The summed E-state index contributed by atoms with van der Waals surface area (Å²) < 4.78 is 1.13. The predicted molar refractivity (Wildman–Crippen MR) is 86.7 cm³/mol. The number of nitrogens with one attached hydrogen (secondary N) is 1. The van der Waals surface area contributed by atoms with Gasteiger partial charge in [-0.25, -0.2) is 0 Å². The summed E-state index contributed by atoms with van der Waals surface area (Å²) in [5.41, 5.74) is 2.83.